The topological polar surface area (TPSA) is 85.3 Å². The highest BCUT2D eigenvalue weighted by Gasteiger charge is 2.13. The van der Waals surface area contributed by atoms with Gasteiger partial charge in [0.15, 0.2) is 16.6 Å². The van der Waals surface area contributed by atoms with Crippen molar-refractivity contribution < 1.29 is 23.9 Å². The summed E-state index contributed by atoms with van der Waals surface area (Å²) in [6.45, 7) is 8.25. The maximum Gasteiger partial charge on any atom is 0.269 e. The molecule has 2 rings (SSSR count). The molecule has 0 atom stereocenters. The lowest BCUT2D eigenvalue weighted by atomic mass is 10.2. The number of hydrazine groups is 1. The van der Waals surface area contributed by atoms with E-state index in [1.54, 1.807) is 30.2 Å². The average molecular weight is 412 g/mol. The molecule has 1 saturated heterocycles. The number of carbonyl (C=O) groups is 1. The molecule has 1 heterocycles. The summed E-state index contributed by atoms with van der Waals surface area (Å²) in [7, 11) is 1.55. The Morgan fingerprint density at radius 2 is 2.04 bits per heavy atom. The number of ether oxygens (including phenoxy) is 3. The van der Waals surface area contributed by atoms with E-state index in [9.17, 15) is 4.79 Å². The van der Waals surface area contributed by atoms with Gasteiger partial charge >= 0.3 is 0 Å². The van der Waals surface area contributed by atoms with E-state index in [4.69, 9.17) is 26.4 Å². The van der Waals surface area contributed by atoms with Gasteiger partial charge in [-0.05, 0) is 36.8 Å². The van der Waals surface area contributed by atoms with Gasteiger partial charge in [-0.25, -0.2) is 0 Å². The molecule has 8 nitrogen and oxygen atoms in total. The second kappa shape index (κ2) is 12.4. The number of morpholine rings is 1. The highest BCUT2D eigenvalue weighted by Crippen LogP contribution is 2.28. The first kappa shape index (κ1) is 22.2. The van der Waals surface area contributed by atoms with E-state index in [1.807, 2.05) is 6.92 Å². The van der Waals surface area contributed by atoms with Crippen molar-refractivity contribution in [2.45, 2.75) is 19.8 Å². The van der Waals surface area contributed by atoms with E-state index in [-0.39, 0.29) is 5.91 Å². The molecular formula is C19H31N4O4S+. The van der Waals surface area contributed by atoms with Gasteiger partial charge in [-0.1, -0.05) is 6.92 Å². The minimum atomic E-state index is -0.303. The number of thiocarbonyl (C=S) groups is 1. The fourth-order valence-corrected chi connectivity index (χ4v) is 2.97. The summed E-state index contributed by atoms with van der Waals surface area (Å²) in [5.74, 6) is 0.836. The summed E-state index contributed by atoms with van der Waals surface area (Å²) in [5.41, 5.74) is 5.77. The van der Waals surface area contributed by atoms with Crippen LogP contribution in [0.3, 0.4) is 0 Å². The fraction of sp³-hybridized carbons (Fsp3) is 0.579. The van der Waals surface area contributed by atoms with Gasteiger partial charge < -0.3 is 24.4 Å². The molecule has 0 aliphatic carbocycles. The second-order valence-electron chi connectivity index (χ2n) is 6.52. The molecule has 28 heavy (non-hydrogen) atoms. The van der Waals surface area contributed by atoms with E-state index in [2.05, 4.69) is 16.2 Å². The minimum absolute atomic E-state index is 0.303. The van der Waals surface area contributed by atoms with Crippen LogP contribution in [-0.4, -0.2) is 64.1 Å². The molecule has 1 fully saturated rings. The number of hydrogen-bond donors (Lipinski definition) is 4. The smallest absolute Gasteiger partial charge is 0.269 e. The number of benzene rings is 1. The van der Waals surface area contributed by atoms with Crippen molar-refractivity contribution >= 4 is 23.2 Å². The van der Waals surface area contributed by atoms with Gasteiger partial charge in [0.25, 0.3) is 5.91 Å². The van der Waals surface area contributed by atoms with Crippen LogP contribution >= 0.6 is 12.2 Å². The molecule has 156 valence electrons. The molecule has 1 aliphatic rings. The van der Waals surface area contributed by atoms with Gasteiger partial charge in [-0.3, -0.25) is 15.6 Å². The molecule has 1 amide bonds. The summed E-state index contributed by atoms with van der Waals surface area (Å²) in [5, 5.41) is 3.49. The maximum atomic E-state index is 12.3. The number of rotatable bonds is 9. The van der Waals surface area contributed by atoms with Crippen LogP contribution in [0.15, 0.2) is 18.2 Å². The zero-order valence-corrected chi connectivity index (χ0v) is 17.5. The molecular weight excluding hydrogens is 380 g/mol. The van der Waals surface area contributed by atoms with Crippen LogP contribution in [0.5, 0.6) is 11.5 Å². The Labute approximate surface area is 171 Å². The molecule has 0 saturated carbocycles. The van der Waals surface area contributed by atoms with Crippen molar-refractivity contribution in [2.24, 2.45) is 0 Å². The quantitative estimate of drug-likeness (QED) is 0.257. The van der Waals surface area contributed by atoms with Gasteiger partial charge in [0, 0.05) is 18.5 Å². The van der Waals surface area contributed by atoms with Crippen LogP contribution in [0.1, 0.15) is 30.1 Å². The third-order valence-corrected chi connectivity index (χ3v) is 4.62. The Bertz CT molecular complexity index is 638. The summed E-state index contributed by atoms with van der Waals surface area (Å²) in [6.07, 6.45) is 1.90. The first-order chi connectivity index (χ1) is 13.6. The number of hydrogen-bond acceptors (Lipinski definition) is 5. The zero-order valence-electron chi connectivity index (χ0n) is 16.6. The van der Waals surface area contributed by atoms with Crippen molar-refractivity contribution in [3.8, 4) is 11.5 Å². The largest absolute Gasteiger partial charge is 0.493 e. The lowest BCUT2D eigenvalue weighted by Crippen LogP contribution is -3.14. The second-order valence-corrected chi connectivity index (χ2v) is 6.92. The van der Waals surface area contributed by atoms with Gasteiger partial charge in [-0.15, -0.1) is 0 Å². The fourth-order valence-electron chi connectivity index (χ4n) is 2.82. The standard InChI is InChI=1S/C19H30N4O4S/c1-3-11-27-16-6-5-15(14-17(16)25-2)18(24)21-22-19(28)20-7-4-8-23-9-12-26-13-10-23/h5-6,14H,3-4,7-13H2,1-2H3,(H,21,24)(H2,20,22,28)/p+1. The zero-order chi connectivity index (χ0) is 20.2. The Morgan fingerprint density at radius 3 is 2.75 bits per heavy atom. The van der Waals surface area contributed by atoms with Crippen molar-refractivity contribution in [3.63, 3.8) is 0 Å². The molecule has 1 aromatic carbocycles. The number of amides is 1. The van der Waals surface area contributed by atoms with Crippen molar-refractivity contribution in [3.05, 3.63) is 23.8 Å². The normalized spacial score (nSPS) is 14.2. The Hall–Kier alpha value is -2.10. The van der Waals surface area contributed by atoms with E-state index >= 15 is 0 Å². The van der Waals surface area contributed by atoms with Gasteiger partial charge in [0.2, 0.25) is 0 Å². The van der Waals surface area contributed by atoms with E-state index in [0.717, 1.165) is 52.2 Å². The molecule has 0 bridgehead atoms. The first-order valence-electron chi connectivity index (χ1n) is 9.70. The van der Waals surface area contributed by atoms with Gasteiger partial charge in [-0.2, -0.15) is 0 Å². The summed E-state index contributed by atoms with van der Waals surface area (Å²) < 4.78 is 16.2. The number of quaternary nitrogens is 1. The highest BCUT2D eigenvalue weighted by atomic mass is 32.1. The van der Waals surface area contributed by atoms with Crippen LogP contribution in [0.25, 0.3) is 0 Å². The molecule has 1 aromatic rings. The van der Waals surface area contributed by atoms with Crippen LogP contribution in [0.4, 0.5) is 0 Å². The molecule has 0 radical (unpaired) electrons. The predicted molar refractivity (Wildman–Crippen MR) is 111 cm³/mol. The minimum Gasteiger partial charge on any atom is -0.493 e. The molecule has 0 spiro atoms. The Balaban J connectivity index is 1.69. The predicted octanol–water partition coefficient (Wildman–Crippen LogP) is -0.102. The monoisotopic (exact) mass is 411 g/mol. The number of carbonyl (C=O) groups excluding carboxylic acids is 1. The molecule has 1 aliphatic heterocycles. The van der Waals surface area contributed by atoms with E-state index < -0.39 is 0 Å². The molecule has 4 N–H and O–H groups in total. The van der Waals surface area contributed by atoms with Gasteiger partial charge in [0.1, 0.15) is 13.1 Å². The summed E-state index contributed by atoms with van der Waals surface area (Å²) >= 11 is 5.20. The summed E-state index contributed by atoms with van der Waals surface area (Å²) in [6, 6.07) is 5.06. The number of methoxy groups -OCH3 is 1. The van der Waals surface area contributed by atoms with Crippen LogP contribution < -0.4 is 30.5 Å². The van der Waals surface area contributed by atoms with E-state index in [1.165, 1.54) is 0 Å². The van der Waals surface area contributed by atoms with Crippen molar-refractivity contribution in [1.82, 2.24) is 16.2 Å². The summed E-state index contributed by atoms with van der Waals surface area (Å²) in [4.78, 5) is 13.9. The Kier molecular flexibility index (Phi) is 9.81. The van der Waals surface area contributed by atoms with Crippen molar-refractivity contribution in [1.29, 1.82) is 0 Å². The van der Waals surface area contributed by atoms with Gasteiger partial charge in [0.05, 0.1) is 33.5 Å². The lowest BCUT2D eigenvalue weighted by Gasteiger charge is -2.23. The molecule has 0 unspecified atom stereocenters. The maximum absolute atomic E-state index is 12.3. The highest BCUT2D eigenvalue weighted by molar-refractivity contribution is 7.80. The van der Waals surface area contributed by atoms with Crippen LogP contribution in [0.2, 0.25) is 0 Å². The Morgan fingerprint density at radius 1 is 1.25 bits per heavy atom. The van der Waals surface area contributed by atoms with E-state index in [0.29, 0.717) is 28.8 Å². The first-order valence-corrected chi connectivity index (χ1v) is 10.1. The molecule has 0 aromatic heterocycles. The number of nitrogens with one attached hydrogen (secondary N) is 4. The van der Waals surface area contributed by atoms with Crippen LogP contribution in [0, 0.1) is 0 Å². The average Bonchev–Trinajstić information content (AvgIpc) is 2.74. The third kappa shape index (κ3) is 7.49. The lowest BCUT2D eigenvalue weighted by molar-refractivity contribution is -0.908. The third-order valence-electron chi connectivity index (χ3n) is 4.37. The van der Waals surface area contributed by atoms with Crippen molar-refractivity contribution in [2.75, 3.05) is 53.1 Å². The van der Waals surface area contributed by atoms with Crippen LogP contribution in [-0.2, 0) is 4.74 Å². The SMILES string of the molecule is CCCOc1ccc(C(=O)NNC(=S)NCCC[NH+]2CCOCC2)cc1OC. The molecule has 9 heteroatoms.